The molecule has 2 rings (SSSR count). The first-order valence-electron chi connectivity index (χ1n) is 8.73. The fraction of sp³-hybridized carbons (Fsp3) is 0.300. The third-order valence-electron chi connectivity index (χ3n) is 3.77. The molecule has 4 N–H and O–H groups in total. The molecule has 0 heterocycles. The summed E-state index contributed by atoms with van der Waals surface area (Å²) in [5.74, 6) is 0.736. The van der Waals surface area contributed by atoms with E-state index in [-0.39, 0.29) is 5.91 Å². The van der Waals surface area contributed by atoms with Gasteiger partial charge >= 0.3 is 6.03 Å². The van der Waals surface area contributed by atoms with E-state index in [0.717, 1.165) is 36.3 Å². The number of unbranched alkanes of at least 4 members (excludes halogenated alkanes) is 2. The number of nitrogens with one attached hydrogen (secondary N) is 2. The van der Waals surface area contributed by atoms with Crippen molar-refractivity contribution in [1.29, 1.82) is 0 Å². The van der Waals surface area contributed by atoms with Gasteiger partial charge in [0.2, 0.25) is 5.91 Å². The molecule has 2 aromatic carbocycles. The van der Waals surface area contributed by atoms with Crippen molar-refractivity contribution in [2.45, 2.75) is 32.3 Å². The van der Waals surface area contributed by atoms with Gasteiger partial charge in [0.1, 0.15) is 12.4 Å². The lowest BCUT2D eigenvalue weighted by molar-refractivity contribution is -0.116. The molecule has 6 nitrogen and oxygen atoms in total. The molecule has 0 bridgehead atoms. The van der Waals surface area contributed by atoms with Crippen molar-refractivity contribution in [3.05, 3.63) is 60.2 Å². The number of hydrogen-bond acceptors (Lipinski definition) is 3. The molecule has 0 aromatic heterocycles. The Morgan fingerprint density at radius 1 is 0.923 bits per heavy atom. The second-order valence-electron chi connectivity index (χ2n) is 5.95. The van der Waals surface area contributed by atoms with Gasteiger partial charge in [0.25, 0.3) is 0 Å². The number of nitrogens with two attached hydrogens (primary N) is 1. The van der Waals surface area contributed by atoms with E-state index in [4.69, 9.17) is 10.5 Å². The maximum atomic E-state index is 11.9. The first kappa shape index (κ1) is 19.3. The Labute approximate surface area is 153 Å². The first-order chi connectivity index (χ1) is 12.6. The minimum absolute atomic E-state index is 0.0224. The summed E-state index contributed by atoms with van der Waals surface area (Å²) in [6.45, 7) is 1.05. The molecular weight excluding hydrogens is 330 g/mol. The summed E-state index contributed by atoms with van der Waals surface area (Å²) in [7, 11) is 0. The average Bonchev–Trinajstić information content (AvgIpc) is 2.64. The van der Waals surface area contributed by atoms with Crippen LogP contribution in [0.2, 0.25) is 0 Å². The number of anilines is 1. The molecule has 0 saturated heterocycles. The maximum Gasteiger partial charge on any atom is 0.312 e. The summed E-state index contributed by atoms with van der Waals surface area (Å²) in [6.07, 6.45) is 2.89. The Morgan fingerprint density at radius 2 is 1.65 bits per heavy atom. The highest BCUT2D eigenvalue weighted by atomic mass is 16.5. The van der Waals surface area contributed by atoms with Crippen molar-refractivity contribution in [2.75, 3.05) is 11.9 Å². The van der Waals surface area contributed by atoms with Gasteiger partial charge in [0, 0.05) is 18.7 Å². The third kappa shape index (κ3) is 7.70. The number of rotatable bonds is 10. The summed E-state index contributed by atoms with van der Waals surface area (Å²) in [5.41, 5.74) is 6.83. The predicted octanol–water partition coefficient (Wildman–Crippen LogP) is 3.43. The summed E-state index contributed by atoms with van der Waals surface area (Å²) in [4.78, 5) is 22.4. The van der Waals surface area contributed by atoms with Gasteiger partial charge in [-0.1, -0.05) is 36.8 Å². The van der Waals surface area contributed by atoms with E-state index in [2.05, 4.69) is 10.6 Å². The van der Waals surface area contributed by atoms with Crippen LogP contribution in [0.1, 0.15) is 31.2 Å². The van der Waals surface area contributed by atoms with E-state index < -0.39 is 6.03 Å². The average molecular weight is 355 g/mol. The van der Waals surface area contributed by atoms with Crippen LogP contribution in [-0.2, 0) is 11.4 Å². The van der Waals surface area contributed by atoms with Gasteiger partial charge in [-0.3, -0.25) is 4.79 Å². The molecular formula is C20H25N3O3. The molecule has 0 spiro atoms. The topological polar surface area (TPSA) is 93.5 Å². The zero-order valence-corrected chi connectivity index (χ0v) is 14.7. The van der Waals surface area contributed by atoms with Crippen LogP contribution in [-0.4, -0.2) is 18.5 Å². The van der Waals surface area contributed by atoms with Crippen molar-refractivity contribution in [1.82, 2.24) is 5.32 Å². The van der Waals surface area contributed by atoms with Gasteiger partial charge in [-0.15, -0.1) is 0 Å². The Kier molecular flexibility index (Phi) is 7.99. The maximum absolute atomic E-state index is 11.9. The molecule has 0 unspecified atom stereocenters. The van der Waals surface area contributed by atoms with E-state index in [1.54, 1.807) is 0 Å². The number of carbonyl (C=O) groups is 2. The fourth-order valence-electron chi connectivity index (χ4n) is 2.40. The lowest BCUT2D eigenvalue weighted by Crippen LogP contribution is -2.29. The van der Waals surface area contributed by atoms with Crippen LogP contribution >= 0.6 is 0 Å². The van der Waals surface area contributed by atoms with Crippen LogP contribution in [0.25, 0.3) is 0 Å². The molecule has 0 atom stereocenters. The Hall–Kier alpha value is -3.02. The lowest BCUT2D eigenvalue weighted by Gasteiger charge is -2.08. The molecule has 138 valence electrons. The highest BCUT2D eigenvalue weighted by molar-refractivity contribution is 5.90. The molecule has 0 fully saturated rings. The van der Waals surface area contributed by atoms with Crippen molar-refractivity contribution in [2.24, 2.45) is 5.73 Å². The summed E-state index contributed by atoms with van der Waals surface area (Å²) in [5, 5.41) is 5.39. The zero-order valence-electron chi connectivity index (χ0n) is 14.7. The van der Waals surface area contributed by atoms with Crippen LogP contribution in [0.5, 0.6) is 5.75 Å². The lowest BCUT2D eigenvalue weighted by atomic mass is 10.2. The Balaban J connectivity index is 1.64. The Bertz CT molecular complexity index is 687. The number of carbonyl (C=O) groups excluding carboxylic acids is 2. The standard InChI is InChI=1S/C20H25N3O3/c21-20(25)22-14-6-2-5-9-19(24)23-17-10-12-18(13-11-17)26-15-16-7-3-1-4-8-16/h1,3-4,7-8,10-13H,2,5-6,9,14-15H2,(H,23,24)(H3,21,22,25). The van der Waals surface area contributed by atoms with Crippen LogP contribution in [0.3, 0.4) is 0 Å². The monoisotopic (exact) mass is 355 g/mol. The van der Waals surface area contributed by atoms with E-state index in [0.29, 0.717) is 19.6 Å². The second-order valence-corrected chi connectivity index (χ2v) is 5.95. The molecule has 26 heavy (non-hydrogen) atoms. The number of primary amides is 1. The molecule has 6 heteroatoms. The van der Waals surface area contributed by atoms with Crippen LogP contribution in [0, 0.1) is 0 Å². The minimum Gasteiger partial charge on any atom is -0.489 e. The van der Waals surface area contributed by atoms with Gasteiger partial charge in [0.05, 0.1) is 0 Å². The number of hydrogen-bond donors (Lipinski definition) is 3. The van der Waals surface area contributed by atoms with Crippen molar-refractivity contribution >= 4 is 17.6 Å². The van der Waals surface area contributed by atoms with Gasteiger partial charge in [-0.2, -0.15) is 0 Å². The van der Waals surface area contributed by atoms with E-state index >= 15 is 0 Å². The summed E-state index contributed by atoms with van der Waals surface area (Å²) < 4.78 is 5.72. The van der Waals surface area contributed by atoms with Crippen molar-refractivity contribution in [3.63, 3.8) is 0 Å². The van der Waals surface area contributed by atoms with Gasteiger partial charge in [-0.25, -0.2) is 4.79 Å². The number of amides is 3. The normalized spacial score (nSPS) is 10.2. The fourth-order valence-corrected chi connectivity index (χ4v) is 2.40. The van der Waals surface area contributed by atoms with E-state index in [1.807, 2.05) is 54.6 Å². The predicted molar refractivity (Wildman–Crippen MR) is 102 cm³/mol. The number of benzene rings is 2. The van der Waals surface area contributed by atoms with E-state index in [1.165, 1.54) is 0 Å². The number of urea groups is 1. The van der Waals surface area contributed by atoms with Gasteiger partial charge in [-0.05, 0) is 42.7 Å². The third-order valence-corrected chi connectivity index (χ3v) is 3.77. The highest BCUT2D eigenvalue weighted by Gasteiger charge is 2.03. The molecule has 3 amide bonds. The van der Waals surface area contributed by atoms with Gasteiger partial charge < -0.3 is 21.1 Å². The van der Waals surface area contributed by atoms with Crippen molar-refractivity contribution in [3.8, 4) is 5.75 Å². The minimum atomic E-state index is -0.515. The molecule has 2 aromatic rings. The quantitative estimate of drug-likeness (QED) is 0.570. The number of ether oxygens (including phenoxy) is 1. The molecule has 0 aliphatic heterocycles. The smallest absolute Gasteiger partial charge is 0.312 e. The summed E-state index contributed by atoms with van der Waals surface area (Å²) >= 11 is 0. The van der Waals surface area contributed by atoms with Crippen molar-refractivity contribution < 1.29 is 14.3 Å². The zero-order chi connectivity index (χ0) is 18.6. The highest BCUT2D eigenvalue weighted by Crippen LogP contribution is 2.17. The van der Waals surface area contributed by atoms with Crippen LogP contribution < -0.4 is 21.1 Å². The SMILES string of the molecule is NC(=O)NCCCCCC(=O)Nc1ccc(OCc2ccccc2)cc1. The van der Waals surface area contributed by atoms with E-state index in [9.17, 15) is 9.59 Å². The Morgan fingerprint density at radius 3 is 2.35 bits per heavy atom. The largest absolute Gasteiger partial charge is 0.489 e. The van der Waals surface area contributed by atoms with Gasteiger partial charge in [0.15, 0.2) is 0 Å². The van der Waals surface area contributed by atoms with Crippen LogP contribution in [0.15, 0.2) is 54.6 Å². The molecule has 0 saturated carbocycles. The molecule has 0 radical (unpaired) electrons. The molecule has 0 aliphatic carbocycles. The van der Waals surface area contributed by atoms with Crippen LogP contribution in [0.4, 0.5) is 10.5 Å². The first-order valence-corrected chi connectivity index (χ1v) is 8.73. The molecule has 0 aliphatic rings. The summed E-state index contributed by atoms with van der Waals surface area (Å²) in [6, 6.07) is 16.8. The second kappa shape index (κ2) is 10.8.